The Morgan fingerprint density at radius 3 is 2.47 bits per heavy atom. The summed E-state index contributed by atoms with van der Waals surface area (Å²) in [7, 11) is 0. The lowest BCUT2D eigenvalue weighted by Gasteiger charge is -2.13. The highest BCUT2D eigenvalue weighted by molar-refractivity contribution is 9.10. The minimum atomic E-state index is -0.304. The Bertz CT molecular complexity index is 581. The smallest absolute Gasteiger partial charge is 0.127 e. The average Bonchev–Trinajstić information content (AvgIpc) is 2.36. The zero-order chi connectivity index (χ0) is 14.0. The number of alkyl halides is 1. The molecule has 0 aromatic heterocycles. The Hall–Kier alpha value is -0.570. The normalized spacial score (nSPS) is 12.5. The van der Waals surface area contributed by atoms with Gasteiger partial charge in [0.2, 0.25) is 0 Å². The first-order chi connectivity index (χ1) is 8.97. The number of rotatable bonds is 3. The van der Waals surface area contributed by atoms with E-state index in [-0.39, 0.29) is 11.2 Å². The zero-order valence-electron chi connectivity index (χ0n) is 10.3. The highest BCUT2D eigenvalue weighted by Crippen LogP contribution is 2.32. The monoisotopic (exact) mass is 360 g/mol. The molecule has 0 N–H and O–H groups in total. The quantitative estimate of drug-likeness (QED) is 0.581. The molecule has 2 aromatic rings. The van der Waals surface area contributed by atoms with Crippen molar-refractivity contribution in [2.24, 2.45) is 0 Å². The van der Waals surface area contributed by atoms with Crippen LogP contribution in [0, 0.1) is 12.7 Å². The third-order valence-corrected chi connectivity index (χ3v) is 4.19. The number of benzene rings is 2. The molecule has 0 saturated heterocycles. The molecule has 1 unspecified atom stereocenters. The maximum absolute atomic E-state index is 13.4. The maximum atomic E-state index is 13.4. The van der Waals surface area contributed by atoms with Gasteiger partial charge < -0.3 is 0 Å². The van der Waals surface area contributed by atoms with Crippen LogP contribution in [-0.2, 0) is 6.42 Å². The molecule has 0 radical (unpaired) electrons. The van der Waals surface area contributed by atoms with Crippen molar-refractivity contribution in [3.8, 4) is 0 Å². The Morgan fingerprint density at radius 1 is 1.21 bits per heavy atom. The van der Waals surface area contributed by atoms with E-state index < -0.39 is 0 Å². The lowest BCUT2D eigenvalue weighted by Crippen LogP contribution is -1.99. The number of hydrogen-bond acceptors (Lipinski definition) is 0. The van der Waals surface area contributed by atoms with Crippen molar-refractivity contribution in [3.05, 3.63) is 68.4 Å². The average molecular weight is 362 g/mol. The SMILES string of the molecule is Cc1cc(C(Cl)Cc2ccc(Br)cc2)c(Cl)cc1F. The van der Waals surface area contributed by atoms with Crippen molar-refractivity contribution in [2.75, 3.05) is 0 Å². The Morgan fingerprint density at radius 2 is 1.84 bits per heavy atom. The Balaban J connectivity index is 2.22. The van der Waals surface area contributed by atoms with E-state index >= 15 is 0 Å². The molecule has 0 aliphatic rings. The van der Waals surface area contributed by atoms with E-state index in [1.54, 1.807) is 13.0 Å². The van der Waals surface area contributed by atoms with Gasteiger partial charge in [-0.2, -0.15) is 0 Å². The fourth-order valence-electron chi connectivity index (χ4n) is 1.86. The van der Waals surface area contributed by atoms with E-state index in [0.29, 0.717) is 17.0 Å². The molecule has 0 nitrogen and oxygen atoms in total. The molecule has 0 bridgehead atoms. The summed E-state index contributed by atoms with van der Waals surface area (Å²) >= 11 is 15.8. The second-order valence-electron chi connectivity index (χ2n) is 4.42. The highest BCUT2D eigenvalue weighted by Gasteiger charge is 2.15. The third-order valence-electron chi connectivity index (χ3n) is 2.94. The minimum absolute atomic E-state index is 0.270. The molecule has 0 amide bonds. The first-order valence-corrected chi connectivity index (χ1v) is 7.42. The highest BCUT2D eigenvalue weighted by atomic mass is 79.9. The lowest BCUT2D eigenvalue weighted by molar-refractivity contribution is 0.617. The van der Waals surface area contributed by atoms with Gasteiger partial charge in [-0.05, 0) is 48.2 Å². The van der Waals surface area contributed by atoms with E-state index in [4.69, 9.17) is 23.2 Å². The summed E-state index contributed by atoms with van der Waals surface area (Å²) in [4.78, 5) is 0. The molecule has 0 saturated carbocycles. The largest absolute Gasteiger partial charge is 0.207 e. The number of aryl methyl sites for hydroxylation is 1. The molecule has 0 spiro atoms. The summed E-state index contributed by atoms with van der Waals surface area (Å²) in [6.45, 7) is 1.71. The van der Waals surface area contributed by atoms with Gasteiger partial charge in [-0.3, -0.25) is 0 Å². The molecule has 0 fully saturated rings. The van der Waals surface area contributed by atoms with Crippen LogP contribution in [0.3, 0.4) is 0 Å². The fourth-order valence-corrected chi connectivity index (χ4v) is 2.82. The van der Waals surface area contributed by atoms with E-state index in [9.17, 15) is 4.39 Å². The minimum Gasteiger partial charge on any atom is -0.207 e. The zero-order valence-corrected chi connectivity index (χ0v) is 13.4. The van der Waals surface area contributed by atoms with Crippen molar-refractivity contribution in [3.63, 3.8) is 0 Å². The van der Waals surface area contributed by atoms with Gasteiger partial charge in [0.1, 0.15) is 5.82 Å². The van der Waals surface area contributed by atoms with Crippen molar-refractivity contribution in [1.29, 1.82) is 0 Å². The van der Waals surface area contributed by atoms with Gasteiger partial charge in [-0.1, -0.05) is 45.7 Å². The van der Waals surface area contributed by atoms with Crippen LogP contribution in [0.5, 0.6) is 0 Å². The first-order valence-electron chi connectivity index (χ1n) is 5.81. The van der Waals surface area contributed by atoms with Gasteiger partial charge in [-0.25, -0.2) is 4.39 Å². The summed E-state index contributed by atoms with van der Waals surface area (Å²) in [5.74, 6) is -0.304. The van der Waals surface area contributed by atoms with E-state index in [0.717, 1.165) is 15.6 Å². The molecule has 2 rings (SSSR count). The molecule has 4 heteroatoms. The van der Waals surface area contributed by atoms with Crippen LogP contribution < -0.4 is 0 Å². The van der Waals surface area contributed by atoms with Gasteiger partial charge in [-0.15, -0.1) is 11.6 Å². The van der Waals surface area contributed by atoms with Crippen LogP contribution >= 0.6 is 39.1 Å². The van der Waals surface area contributed by atoms with Gasteiger partial charge in [0.25, 0.3) is 0 Å². The third kappa shape index (κ3) is 3.71. The molecular weight excluding hydrogens is 350 g/mol. The Kier molecular flexibility index (Phi) is 4.88. The van der Waals surface area contributed by atoms with Crippen molar-refractivity contribution in [1.82, 2.24) is 0 Å². The van der Waals surface area contributed by atoms with Crippen LogP contribution in [0.4, 0.5) is 4.39 Å². The van der Waals surface area contributed by atoms with Crippen LogP contribution in [-0.4, -0.2) is 0 Å². The molecule has 19 heavy (non-hydrogen) atoms. The molecule has 0 heterocycles. The van der Waals surface area contributed by atoms with Gasteiger partial charge >= 0.3 is 0 Å². The number of halogens is 4. The van der Waals surface area contributed by atoms with E-state index in [1.807, 2.05) is 24.3 Å². The molecule has 1 atom stereocenters. The molecule has 100 valence electrons. The summed E-state index contributed by atoms with van der Waals surface area (Å²) in [6.07, 6.45) is 0.652. The van der Waals surface area contributed by atoms with Gasteiger partial charge in [0.15, 0.2) is 0 Å². The van der Waals surface area contributed by atoms with E-state index in [1.165, 1.54) is 6.07 Å². The summed E-state index contributed by atoms with van der Waals surface area (Å²) in [6, 6.07) is 11.0. The first kappa shape index (κ1) is 14.8. The van der Waals surface area contributed by atoms with Gasteiger partial charge in [0.05, 0.1) is 5.38 Å². The standard InChI is InChI=1S/C15H12BrCl2F/c1-9-6-12(14(18)8-15(9)19)13(17)7-10-2-4-11(16)5-3-10/h2-6,8,13H,7H2,1H3. The van der Waals surface area contributed by atoms with Gasteiger partial charge in [0, 0.05) is 9.50 Å². The van der Waals surface area contributed by atoms with E-state index in [2.05, 4.69) is 15.9 Å². The van der Waals surface area contributed by atoms with Crippen molar-refractivity contribution >= 4 is 39.1 Å². The topological polar surface area (TPSA) is 0 Å². The second-order valence-corrected chi connectivity index (χ2v) is 6.27. The summed E-state index contributed by atoms with van der Waals surface area (Å²) < 4.78 is 14.4. The van der Waals surface area contributed by atoms with Crippen LogP contribution in [0.1, 0.15) is 22.1 Å². The summed E-state index contributed by atoms with van der Waals surface area (Å²) in [5.41, 5.74) is 2.44. The second kappa shape index (κ2) is 6.25. The van der Waals surface area contributed by atoms with Crippen molar-refractivity contribution in [2.45, 2.75) is 18.7 Å². The molecular formula is C15H12BrCl2F. The maximum Gasteiger partial charge on any atom is 0.127 e. The molecule has 0 aliphatic carbocycles. The predicted molar refractivity (Wildman–Crippen MR) is 82.6 cm³/mol. The van der Waals surface area contributed by atoms with Crippen LogP contribution in [0.25, 0.3) is 0 Å². The van der Waals surface area contributed by atoms with Crippen LogP contribution in [0.15, 0.2) is 40.9 Å². The molecule has 2 aromatic carbocycles. The molecule has 0 aliphatic heterocycles. The predicted octanol–water partition coefficient (Wildman–Crippen LogP) is 6.07. The number of hydrogen-bond donors (Lipinski definition) is 0. The Labute approximate surface area is 130 Å². The lowest BCUT2D eigenvalue weighted by atomic mass is 10.0. The van der Waals surface area contributed by atoms with Crippen molar-refractivity contribution < 1.29 is 4.39 Å². The fraction of sp³-hybridized carbons (Fsp3) is 0.200. The summed E-state index contributed by atoms with van der Waals surface area (Å²) in [5, 5.41) is 0.105. The van der Waals surface area contributed by atoms with Crippen LogP contribution in [0.2, 0.25) is 5.02 Å².